The van der Waals surface area contributed by atoms with Crippen LogP contribution in [0.15, 0.2) is 47.0 Å². The van der Waals surface area contributed by atoms with E-state index >= 15 is 0 Å². The van der Waals surface area contributed by atoms with Crippen molar-refractivity contribution in [3.63, 3.8) is 0 Å². The monoisotopic (exact) mass is 568 g/mol. The minimum Gasteiger partial charge on any atom is -0.457 e. The number of aryl methyl sites for hydroxylation is 1. The number of cyclic esters (lactones) is 1. The fourth-order valence-corrected chi connectivity index (χ4v) is 5.90. The molecule has 3 heterocycles. The highest BCUT2D eigenvalue weighted by molar-refractivity contribution is 7.09. The van der Waals surface area contributed by atoms with Crippen molar-refractivity contribution in [3.05, 3.63) is 63.4 Å². The maximum absolute atomic E-state index is 13.4. The number of esters is 1. The van der Waals surface area contributed by atoms with Crippen molar-refractivity contribution in [1.82, 2.24) is 9.97 Å². The summed E-state index contributed by atoms with van der Waals surface area (Å²) in [5.74, 6) is -1.59. The maximum atomic E-state index is 13.4. The van der Waals surface area contributed by atoms with Crippen LogP contribution in [0.3, 0.4) is 0 Å². The summed E-state index contributed by atoms with van der Waals surface area (Å²) in [7, 11) is 0. The van der Waals surface area contributed by atoms with E-state index in [2.05, 4.69) is 18.0 Å². The molecule has 7 nitrogen and oxygen atoms in total. The van der Waals surface area contributed by atoms with Gasteiger partial charge in [0.15, 0.2) is 0 Å². The Morgan fingerprint density at radius 2 is 1.85 bits per heavy atom. The highest BCUT2D eigenvalue weighted by Crippen LogP contribution is 2.34. The first-order valence-electron chi connectivity index (χ1n) is 14.1. The van der Waals surface area contributed by atoms with Gasteiger partial charge in [-0.05, 0) is 63.7 Å². The number of hydrogen-bond donors (Lipinski definition) is 2. The van der Waals surface area contributed by atoms with E-state index in [9.17, 15) is 19.8 Å². The number of aromatic nitrogens is 2. The highest BCUT2D eigenvalue weighted by Gasteiger charge is 2.42. The Morgan fingerprint density at radius 1 is 1.12 bits per heavy atom. The number of allylic oxidation sites excluding steroid dienone is 1. The van der Waals surface area contributed by atoms with Gasteiger partial charge in [-0.15, -0.1) is 11.3 Å². The second-order valence-electron chi connectivity index (χ2n) is 11.7. The standard InChI is InChI=1S/C32H44N2O5S/c1-19-11-10-12-20(2)30(37)22(4)31(38)32(6,7)27(35)17-28(36)39-26(15-14-19)21(3)29(24-13-8-9-16-33-24)25-18-40-23(5)34-25/h8-9,13-14,16,18,20,22,26-27,30,35,37H,10-12,15,17H2,1-7H3/b19-14-,29-21+/t20-,22+,26-,27-,30-/m0/s1. The van der Waals surface area contributed by atoms with Gasteiger partial charge < -0.3 is 14.9 Å². The summed E-state index contributed by atoms with van der Waals surface area (Å²) >= 11 is 1.54. The van der Waals surface area contributed by atoms with Crippen LogP contribution in [-0.4, -0.2) is 50.2 Å². The lowest BCUT2D eigenvalue weighted by molar-refractivity contribution is -0.154. The predicted octanol–water partition coefficient (Wildman–Crippen LogP) is 6.08. The molecular weight excluding hydrogens is 524 g/mol. The molecule has 2 aromatic heterocycles. The summed E-state index contributed by atoms with van der Waals surface area (Å²) < 4.78 is 6.04. The minimum atomic E-state index is -1.26. The maximum Gasteiger partial charge on any atom is 0.309 e. The molecule has 8 heteroatoms. The van der Waals surface area contributed by atoms with E-state index in [0.717, 1.165) is 52.4 Å². The number of ether oxygens (including phenoxy) is 1. The van der Waals surface area contributed by atoms with E-state index in [1.807, 2.05) is 44.4 Å². The fourth-order valence-electron chi connectivity index (χ4n) is 5.30. The molecule has 1 aliphatic rings. The number of rotatable bonds is 3. The summed E-state index contributed by atoms with van der Waals surface area (Å²) in [5, 5.41) is 24.8. The minimum absolute atomic E-state index is 0.0713. The third kappa shape index (κ3) is 7.74. The van der Waals surface area contributed by atoms with Crippen LogP contribution in [0.2, 0.25) is 0 Å². The number of carbonyl (C=O) groups is 2. The van der Waals surface area contributed by atoms with Crippen LogP contribution < -0.4 is 0 Å². The van der Waals surface area contributed by atoms with Crippen LogP contribution in [0.1, 0.15) is 90.0 Å². The first-order chi connectivity index (χ1) is 18.8. The molecule has 0 saturated carbocycles. The van der Waals surface area contributed by atoms with Crippen molar-refractivity contribution in [2.45, 2.75) is 98.9 Å². The molecule has 218 valence electrons. The van der Waals surface area contributed by atoms with Crippen molar-refractivity contribution in [2.75, 3.05) is 0 Å². The van der Waals surface area contributed by atoms with Crippen LogP contribution in [0.4, 0.5) is 0 Å². The summed E-state index contributed by atoms with van der Waals surface area (Å²) in [4.78, 5) is 35.9. The number of aliphatic hydroxyl groups excluding tert-OH is 2. The van der Waals surface area contributed by atoms with Gasteiger partial charge in [0.1, 0.15) is 11.9 Å². The number of nitrogens with zero attached hydrogens (tertiary/aromatic N) is 2. The molecular formula is C32H44N2O5S. The lowest BCUT2D eigenvalue weighted by Gasteiger charge is -2.34. The van der Waals surface area contributed by atoms with Gasteiger partial charge in [0, 0.05) is 29.5 Å². The molecule has 0 saturated heterocycles. The largest absolute Gasteiger partial charge is 0.457 e. The van der Waals surface area contributed by atoms with Crippen molar-refractivity contribution >= 4 is 28.7 Å². The normalized spacial score (nSPS) is 29.2. The molecule has 0 spiro atoms. The third-order valence-corrected chi connectivity index (χ3v) is 8.97. The summed E-state index contributed by atoms with van der Waals surface area (Å²) in [6.45, 7) is 12.9. The van der Waals surface area contributed by atoms with Crippen molar-refractivity contribution in [1.29, 1.82) is 0 Å². The molecule has 0 bridgehead atoms. The van der Waals surface area contributed by atoms with Crippen molar-refractivity contribution < 1.29 is 24.5 Å². The molecule has 0 fully saturated rings. The van der Waals surface area contributed by atoms with Crippen molar-refractivity contribution in [3.8, 4) is 0 Å². The second-order valence-corrected chi connectivity index (χ2v) is 12.8. The van der Waals surface area contributed by atoms with E-state index < -0.39 is 35.6 Å². The first kappa shape index (κ1) is 31.8. The van der Waals surface area contributed by atoms with Crippen LogP contribution in [0, 0.1) is 24.2 Å². The number of carbonyl (C=O) groups excluding carboxylic acids is 2. The molecule has 2 N–H and O–H groups in total. The zero-order valence-corrected chi connectivity index (χ0v) is 25.6. The Hall–Kier alpha value is -2.68. The van der Waals surface area contributed by atoms with Gasteiger partial charge in [0.25, 0.3) is 0 Å². The molecule has 1 aliphatic heterocycles. The predicted molar refractivity (Wildman–Crippen MR) is 159 cm³/mol. The van der Waals surface area contributed by atoms with E-state index in [4.69, 9.17) is 9.72 Å². The molecule has 2 aromatic rings. The van der Waals surface area contributed by atoms with E-state index in [-0.39, 0.29) is 18.1 Å². The number of pyridine rings is 1. The molecule has 3 rings (SSSR count). The topological polar surface area (TPSA) is 110 Å². The quantitative estimate of drug-likeness (QED) is 0.341. The number of thiazole rings is 1. The number of Topliss-reactive ketones (excluding diaryl/α,β-unsaturated/α-hetero) is 1. The third-order valence-electron chi connectivity index (χ3n) is 8.20. The van der Waals surface area contributed by atoms with E-state index in [1.54, 1.807) is 38.3 Å². The van der Waals surface area contributed by atoms with E-state index in [1.165, 1.54) is 0 Å². The van der Waals surface area contributed by atoms with Gasteiger partial charge in [-0.1, -0.05) is 45.4 Å². The molecule has 0 unspecified atom stereocenters. The van der Waals surface area contributed by atoms with Crippen LogP contribution in [0.5, 0.6) is 0 Å². The van der Waals surface area contributed by atoms with Crippen molar-refractivity contribution in [2.24, 2.45) is 17.3 Å². The highest BCUT2D eigenvalue weighted by atomic mass is 32.1. The Bertz CT molecular complexity index is 1230. The zero-order valence-electron chi connectivity index (χ0n) is 24.8. The molecule has 0 radical (unpaired) electrons. The lowest BCUT2D eigenvalue weighted by Crippen LogP contribution is -2.45. The smallest absolute Gasteiger partial charge is 0.309 e. The number of aliphatic hydroxyl groups is 2. The van der Waals surface area contributed by atoms with Gasteiger partial charge in [0.2, 0.25) is 0 Å². The van der Waals surface area contributed by atoms with Gasteiger partial charge >= 0.3 is 5.97 Å². The summed E-state index contributed by atoms with van der Waals surface area (Å²) in [5.41, 5.74) is 3.08. The van der Waals surface area contributed by atoms with Gasteiger partial charge in [-0.25, -0.2) is 4.98 Å². The molecule has 5 atom stereocenters. The number of hydrogen-bond acceptors (Lipinski definition) is 8. The zero-order chi connectivity index (χ0) is 29.6. The van der Waals surface area contributed by atoms with Gasteiger partial charge in [-0.2, -0.15) is 0 Å². The van der Waals surface area contributed by atoms with Crippen LogP contribution in [-0.2, 0) is 14.3 Å². The average molecular weight is 569 g/mol. The summed E-state index contributed by atoms with van der Waals surface area (Å²) in [6, 6.07) is 5.69. The Balaban J connectivity index is 2.04. The Morgan fingerprint density at radius 3 is 2.48 bits per heavy atom. The Kier molecular flexibility index (Phi) is 11.0. The van der Waals surface area contributed by atoms with Gasteiger partial charge in [-0.3, -0.25) is 14.6 Å². The molecule has 40 heavy (non-hydrogen) atoms. The molecule has 0 aromatic carbocycles. The van der Waals surface area contributed by atoms with E-state index in [0.29, 0.717) is 6.42 Å². The van der Waals surface area contributed by atoms with Gasteiger partial charge in [0.05, 0.1) is 40.4 Å². The number of ketones is 1. The lowest BCUT2D eigenvalue weighted by atomic mass is 9.73. The second kappa shape index (κ2) is 13.8. The van der Waals surface area contributed by atoms with Crippen LogP contribution in [0.25, 0.3) is 5.57 Å². The average Bonchev–Trinajstić information content (AvgIpc) is 3.34. The SMILES string of the molecule is C/C1=C/C[C@@H](/C(C)=C(\c2ccccn2)c2csc(C)n2)OC(=O)C[C@H](O)C(C)(C)C(=O)[C@H](C)[C@@H](O)[C@@H](C)CCC1. The molecule has 0 amide bonds. The Labute approximate surface area is 242 Å². The molecule has 0 aliphatic carbocycles. The summed E-state index contributed by atoms with van der Waals surface area (Å²) in [6.07, 6.45) is 3.74. The fraction of sp³-hybridized carbons (Fsp3) is 0.562. The first-order valence-corrected chi connectivity index (χ1v) is 15.0. The van der Waals surface area contributed by atoms with Crippen LogP contribution >= 0.6 is 11.3 Å².